The largest absolute Gasteiger partial charge is 0.351 e. The maximum Gasteiger partial charge on any atom is 0.249 e. The summed E-state index contributed by atoms with van der Waals surface area (Å²) in [6, 6.07) is 14.9. The smallest absolute Gasteiger partial charge is 0.249 e. The highest BCUT2D eigenvalue weighted by atomic mass is 16.1. The van der Waals surface area contributed by atoms with Crippen LogP contribution in [0, 0.1) is 11.3 Å². The van der Waals surface area contributed by atoms with Gasteiger partial charge in [-0.15, -0.1) is 0 Å². The lowest BCUT2D eigenvalue weighted by atomic mass is 10.1. The van der Waals surface area contributed by atoms with Crippen LogP contribution in [0.2, 0.25) is 0 Å². The number of aromatic amines is 1. The fraction of sp³-hybridized carbons (Fsp3) is 0.294. The normalized spacial score (nSPS) is 17.8. The summed E-state index contributed by atoms with van der Waals surface area (Å²) in [5.74, 6) is 0.734. The van der Waals surface area contributed by atoms with Gasteiger partial charge in [0.25, 0.3) is 0 Å². The molecule has 2 heterocycles. The molecule has 2 N–H and O–H groups in total. The van der Waals surface area contributed by atoms with Crippen molar-refractivity contribution in [2.45, 2.75) is 25.4 Å². The molecular formula is C17H18N4O. The number of aromatic nitrogens is 1. The third-order valence-corrected chi connectivity index (χ3v) is 3.92. The first-order chi connectivity index (χ1) is 10.8. The van der Waals surface area contributed by atoms with Gasteiger partial charge >= 0.3 is 0 Å². The van der Waals surface area contributed by atoms with Crippen molar-refractivity contribution in [1.82, 2.24) is 4.98 Å². The highest BCUT2D eigenvalue weighted by molar-refractivity contribution is 5.52. The molecule has 1 aliphatic rings. The average Bonchev–Trinajstić information content (AvgIpc) is 2.56. The Balaban J connectivity index is 1.81. The first-order valence-corrected chi connectivity index (χ1v) is 7.49. The van der Waals surface area contributed by atoms with E-state index in [1.165, 1.54) is 6.07 Å². The number of pyridine rings is 1. The Hall–Kier alpha value is -2.74. The lowest BCUT2D eigenvalue weighted by Crippen LogP contribution is -2.45. The predicted octanol–water partition coefficient (Wildman–Crippen LogP) is 2.68. The lowest BCUT2D eigenvalue weighted by molar-refractivity contribution is 0.492. The third kappa shape index (κ3) is 3.12. The number of nitrogens with one attached hydrogen (secondary N) is 2. The minimum atomic E-state index is -0.106. The van der Waals surface area contributed by atoms with E-state index in [2.05, 4.69) is 21.3 Å². The Kier molecular flexibility index (Phi) is 4.10. The van der Waals surface area contributed by atoms with E-state index >= 15 is 0 Å². The van der Waals surface area contributed by atoms with Crippen LogP contribution in [0.5, 0.6) is 0 Å². The molecule has 22 heavy (non-hydrogen) atoms. The Morgan fingerprint density at radius 1 is 1.18 bits per heavy atom. The number of rotatable bonds is 3. The summed E-state index contributed by atoms with van der Waals surface area (Å²) in [6.45, 7) is 0.959. The molecule has 0 amide bonds. The van der Waals surface area contributed by atoms with E-state index in [4.69, 9.17) is 5.26 Å². The maximum absolute atomic E-state index is 11.4. The Morgan fingerprint density at radius 2 is 2.00 bits per heavy atom. The minimum Gasteiger partial charge on any atom is -0.351 e. The summed E-state index contributed by atoms with van der Waals surface area (Å²) >= 11 is 0. The number of H-pyrrole nitrogens is 1. The van der Waals surface area contributed by atoms with Gasteiger partial charge in [-0.05, 0) is 49.6 Å². The quantitative estimate of drug-likeness (QED) is 0.913. The summed E-state index contributed by atoms with van der Waals surface area (Å²) in [7, 11) is 0. The van der Waals surface area contributed by atoms with Gasteiger partial charge in [0.2, 0.25) is 5.56 Å². The first-order valence-electron chi connectivity index (χ1n) is 7.49. The van der Waals surface area contributed by atoms with Gasteiger partial charge in [0.15, 0.2) is 0 Å². The molecule has 1 unspecified atom stereocenters. The second-order valence-corrected chi connectivity index (χ2v) is 5.44. The Labute approximate surface area is 129 Å². The van der Waals surface area contributed by atoms with E-state index < -0.39 is 0 Å². The molecule has 1 aliphatic heterocycles. The number of hydrogen-bond acceptors (Lipinski definition) is 4. The molecule has 1 fully saturated rings. The molecule has 1 saturated heterocycles. The molecule has 2 aromatic rings. The summed E-state index contributed by atoms with van der Waals surface area (Å²) < 4.78 is 0. The molecule has 1 aromatic heterocycles. The van der Waals surface area contributed by atoms with Crippen molar-refractivity contribution in [2.24, 2.45) is 0 Å². The van der Waals surface area contributed by atoms with Crippen molar-refractivity contribution >= 4 is 11.5 Å². The summed E-state index contributed by atoms with van der Waals surface area (Å²) in [6.07, 6.45) is 3.45. The van der Waals surface area contributed by atoms with Crippen LogP contribution in [0.3, 0.4) is 0 Å². The van der Waals surface area contributed by atoms with Crippen molar-refractivity contribution in [3.63, 3.8) is 0 Å². The van der Waals surface area contributed by atoms with E-state index in [1.807, 2.05) is 30.3 Å². The maximum atomic E-state index is 11.4. The fourth-order valence-corrected chi connectivity index (χ4v) is 2.83. The van der Waals surface area contributed by atoms with E-state index in [0.717, 1.165) is 37.3 Å². The first kappa shape index (κ1) is 14.2. The standard InChI is InChI=1S/C17H18N4O/c18-12-13-7-9-14(10-8-13)21-11-2-1-5-16(21)19-15-4-3-6-17(22)20-15/h3-4,6-10,16H,1-2,5,11H2,(H2,19,20,22). The zero-order chi connectivity index (χ0) is 15.4. The molecule has 5 heteroatoms. The molecule has 5 nitrogen and oxygen atoms in total. The summed E-state index contributed by atoms with van der Waals surface area (Å²) in [5, 5.41) is 12.3. The van der Waals surface area contributed by atoms with Gasteiger partial charge in [-0.1, -0.05) is 6.07 Å². The molecule has 0 spiro atoms. The predicted molar refractivity (Wildman–Crippen MR) is 86.8 cm³/mol. The molecule has 1 aromatic carbocycles. The summed E-state index contributed by atoms with van der Waals surface area (Å²) in [5.41, 5.74) is 1.65. The lowest BCUT2D eigenvalue weighted by Gasteiger charge is -2.38. The van der Waals surface area contributed by atoms with Crippen LogP contribution in [0.15, 0.2) is 47.3 Å². The summed E-state index contributed by atoms with van der Waals surface area (Å²) in [4.78, 5) is 16.5. The molecule has 0 radical (unpaired) electrons. The zero-order valence-corrected chi connectivity index (χ0v) is 12.2. The number of hydrogen-bond donors (Lipinski definition) is 2. The second-order valence-electron chi connectivity index (χ2n) is 5.44. The Bertz CT molecular complexity index is 729. The zero-order valence-electron chi connectivity index (χ0n) is 12.2. The van der Waals surface area contributed by atoms with Crippen LogP contribution < -0.4 is 15.8 Å². The number of nitrogens with zero attached hydrogens (tertiary/aromatic N) is 2. The van der Waals surface area contributed by atoms with Crippen LogP contribution in [0.4, 0.5) is 11.5 Å². The third-order valence-electron chi connectivity index (χ3n) is 3.92. The highest BCUT2D eigenvalue weighted by Gasteiger charge is 2.22. The number of benzene rings is 1. The molecule has 0 aliphatic carbocycles. The van der Waals surface area contributed by atoms with Crippen molar-refractivity contribution in [3.05, 3.63) is 58.4 Å². The number of piperidine rings is 1. The molecule has 1 atom stereocenters. The fourth-order valence-electron chi connectivity index (χ4n) is 2.83. The van der Waals surface area contributed by atoms with Crippen molar-refractivity contribution in [1.29, 1.82) is 5.26 Å². The number of nitriles is 1. The van der Waals surface area contributed by atoms with E-state index in [9.17, 15) is 4.79 Å². The Morgan fingerprint density at radius 3 is 2.73 bits per heavy atom. The monoisotopic (exact) mass is 294 g/mol. The van der Waals surface area contributed by atoms with Crippen LogP contribution in [0.1, 0.15) is 24.8 Å². The van der Waals surface area contributed by atoms with E-state index in [-0.39, 0.29) is 11.7 Å². The topological polar surface area (TPSA) is 71.9 Å². The molecule has 3 rings (SSSR count). The van der Waals surface area contributed by atoms with E-state index in [0.29, 0.717) is 5.56 Å². The number of anilines is 2. The van der Waals surface area contributed by atoms with Gasteiger partial charge < -0.3 is 15.2 Å². The molecule has 0 bridgehead atoms. The van der Waals surface area contributed by atoms with Gasteiger partial charge in [0, 0.05) is 18.3 Å². The van der Waals surface area contributed by atoms with Crippen LogP contribution in [-0.2, 0) is 0 Å². The molecule has 0 saturated carbocycles. The van der Waals surface area contributed by atoms with Gasteiger partial charge in [-0.25, -0.2) is 0 Å². The van der Waals surface area contributed by atoms with E-state index in [1.54, 1.807) is 6.07 Å². The van der Waals surface area contributed by atoms with Gasteiger partial charge in [0.1, 0.15) is 12.0 Å². The van der Waals surface area contributed by atoms with Crippen LogP contribution in [-0.4, -0.2) is 17.7 Å². The van der Waals surface area contributed by atoms with Crippen molar-refractivity contribution in [2.75, 3.05) is 16.8 Å². The SMILES string of the molecule is N#Cc1ccc(N2CCCCC2Nc2cccc(=O)[nH]2)cc1. The van der Waals surface area contributed by atoms with Gasteiger partial charge in [-0.2, -0.15) is 5.26 Å². The highest BCUT2D eigenvalue weighted by Crippen LogP contribution is 2.25. The van der Waals surface area contributed by atoms with Gasteiger partial charge in [0.05, 0.1) is 11.6 Å². The van der Waals surface area contributed by atoms with Crippen LogP contribution in [0.25, 0.3) is 0 Å². The van der Waals surface area contributed by atoms with Crippen molar-refractivity contribution < 1.29 is 0 Å². The molecule has 112 valence electrons. The molecular weight excluding hydrogens is 276 g/mol. The van der Waals surface area contributed by atoms with Gasteiger partial charge in [-0.3, -0.25) is 4.79 Å². The van der Waals surface area contributed by atoms with Crippen LogP contribution >= 0.6 is 0 Å². The van der Waals surface area contributed by atoms with Crippen molar-refractivity contribution in [3.8, 4) is 6.07 Å². The average molecular weight is 294 g/mol. The second kappa shape index (κ2) is 6.35. The minimum absolute atomic E-state index is 0.106.